The van der Waals surface area contributed by atoms with E-state index in [0.717, 1.165) is 0 Å². The zero-order chi connectivity index (χ0) is 13.1. The van der Waals surface area contributed by atoms with Crippen molar-refractivity contribution in [2.24, 2.45) is 0 Å². The molecule has 2 rings (SSSR count). The average molecular weight is 285 g/mol. The molecule has 1 aromatic carbocycles. The second kappa shape index (κ2) is 5.52. The summed E-state index contributed by atoms with van der Waals surface area (Å²) < 4.78 is 5.56. The third kappa shape index (κ3) is 2.90. The summed E-state index contributed by atoms with van der Waals surface area (Å²) in [5.41, 5.74) is 0.506. The number of halogens is 2. The van der Waals surface area contributed by atoms with Gasteiger partial charge in [-0.2, -0.15) is 4.98 Å². The molecule has 0 radical (unpaired) electrons. The van der Waals surface area contributed by atoms with E-state index in [2.05, 4.69) is 9.97 Å². The number of hydrogen-bond donors (Lipinski definition) is 1. The second-order valence-electron chi connectivity index (χ2n) is 3.58. The molecule has 0 saturated heterocycles. The van der Waals surface area contributed by atoms with Crippen LogP contribution in [0.5, 0.6) is 11.6 Å². The third-order valence-corrected chi connectivity index (χ3v) is 2.96. The van der Waals surface area contributed by atoms with Gasteiger partial charge in [-0.05, 0) is 19.1 Å². The number of aliphatic hydroxyl groups excluding tert-OH is 1. The van der Waals surface area contributed by atoms with Gasteiger partial charge in [0.1, 0.15) is 11.6 Å². The van der Waals surface area contributed by atoms with Crippen LogP contribution in [-0.4, -0.2) is 15.1 Å². The molecular weight excluding hydrogens is 275 g/mol. The first-order valence-corrected chi connectivity index (χ1v) is 5.92. The van der Waals surface area contributed by atoms with E-state index >= 15 is 0 Å². The highest BCUT2D eigenvalue weighted by Crippen LogP contribution is 2.29. The first-order chi connectivity index (χ1) is 8.60. The molecule has 0 atom stereocenters. The summed E-state index contributed by atoms with van der Waals surface area (Å²) in [5.74, 6) is 1.36. The summed E-state index contributed by atoms with van der Waals surface area (Å²) in [6.07, 6.45) is 1.52. The largest absolute Gasteiger partial charge is 0.438 e. The van der Waals surface area contributed by atoms with Crippen molar-refractivity contribution < 1.29 is 9.84 Å². The van der Waals surface area contributed by atoms with Crippen molar-refractivity contribution in [3.05, 3.63) is 45.8 Å². The molecule has 0 spiro atoms. The molecule has 0 aliphatic rings. The van der Waals surface area contributed by atoms with Gasteiger partial charge in [-0.15, -0.1) is 0 Å². The maximum Gasteiger partial charge on any atom is 0.228 e. The summed E-state index contributed by atoms with van der Waals surface area (Å²) in [4.78, 5) is 8.11. The molecule has 6 heteroatoms. The molecule has 0 bridgehead atoms. The number of aliphatic hydroxyl groups is 1. The van der Waals surface area contributed by atoms with Crippen molar-refractivity contribution in [3.63, 3.8) is 0 Å². The van der Waals surface area contributed by atoms with E-state index in [1.807, 2.05) is 0 Å². The summed E-state index contributed by atoms with van der Waals surface area (Å²) in [6, 6.07) is 4.89. The summed E-state index contributed by atoms with van der Waals surface area (Å²) in [5, 5.41) is 10.0. The van der Waals surface area contributed by atoms with Crippen LogP contribution in [0.2, 0.25) is 10.0 Å². The van der Waals surface area contributed by atoms with Crippen LogP contribution < -0.4 is 4.74 Å². The van der Waals surface area contributed by atoms with Gasteiger partial charge in [-0.25, -0.2) is 4.98 Å². The first-order valence-electron chi connectivity index (χ1n) is 5.16. The van der Waals surface area contributed by atoms with Gasteiger partial charge < -0.3 is 9.84 Å². The van der Waals surface area contributed by atoms with Crippen LogP contribution >= 0.6 is 23.2 Å². The van der Waals surface area contributed by atoms with Gasteiger partial charge in [0.2, 0.25) is 5.88 Å². The Kier molecular flexibility index (Phi) is 4.01. The molecule has 0 amide bonds. The fraction of sp³-hybridized carbons (Fsp3) is 0.167. The van der Waals surface area contributed by atoms with Crippen molar-refractivity contribution in [1.29, 1.82) is 0 Å². The van der Waals surface area contributed by atoms with Crippen molar-refractivity contribution in [2.45, 2.75) is 13.5 Å². The monoisotopic (exact) mass is 284 g/mol. The van der Waals surface area contributed by atoms with E-state index in [1.54, 1.807) is 25.1 Å². The lowest BCUT2D eigenvalue weighted by Crippen LogP contribution is -1.98. The quantitative estimate of drug-likeness (QED) is 0.939. The van der Waals surface area contributed by atoms with Crippen molar-refractivity contribution in [3.8, 4) is 11.6 Å². The van der Waals surface area contributed by atoms with Crippen molar-refractivity contribution in [1.82, 2.24) is 9.97 Å². The number of rotatable bonds is 3. The highest BCUT2D eigenvalue weighted by molar-refractivity contribution is 6.42. The Hall–Kier alpha value is -1.36. The molecule has 0 saturated carbocycles. The molecule has 1 aromatic heterocycles. The highest BCUT2D eigenvalue weighted by Gasteiger charge is 2.08. The predicted molar refractivity (Wildman–Crippen MR) is 69.2 cm³/mol. The molecule has 0 aliphatic heterocycles. The Morgan fingerprint density at radius 2 is 2.06 bits per heavy atom. The standard InChI is InChI=1S/C12H10Cl2N2O2/c1-7-15-5-8(6-17)12(16-7)18-9-2-3-10(13)11(14)4-9/h2-5,17H,6H2,1H3. The van der Waals surface area contributed by atoms with Gasteiger partial charge in [-0.3, -0.25) is 0 Å². The molecule has 0 aliphatic carbocycles. The molecule has 1 N–H and O–H groups in total. The molecule has 0 unspecified atom stereocenters. The number of aromatic nitrogens is 2. The molecule has 18 heavy (non-hydrogen) atoms. The Labute approximate surface area is 114 Å². The highest BCUT2D eigenvalue weighted by atomic mass is 35.5. The topological polar surface area (TPSA) is 55.2 Å². The van der Waals surface area contributed by atoms with E-state index in [4.69, 9.17) is 27.9 Å². The van der Waals surface area contributed by atoms with Gasteiger partial charge in [0, 0.05) is 12.3 Å². The van der Waals surface area contributed by atoms with Crippen LogP contribution in [-0.2, 0) is 6.61 Å². The van der Waals surface area contributed by atoms with Crippen LogP contribution in [0.25, 0.3) is 0 Å². The van der Waals surface area contributed by atoms with Crippen LogP contribution in [0.3, 0.4) is 0 Å². The van der Waals surface area contributed by atoms with Crippen LogP contribution in [0.4, 0.5) is 0 Å². The fourth-order valence-electron chi connectivity index (χ4n) is 1.32. The van der Waals surface area contributed by atoms with E-state index in [9.17, 15) is 5.11 Å². The minimum Gasteiger partial charge on any atom is -0.438 e. The lowest BCUT2D eigenvalue weighted by Gasteiger charge is -2.09. The number of nitrogens with zero attached hydrogens (tertiary/aromatic N) is 2. The Balaban J connectivity index is 2.33. The Morgan fingerprint density at radius 3 is 2.72 bits per heavy atom. The van der Waals surface area contributed by atoms with E-state index in [-0.39, 0.29) is 6.61 Å². The number of aryl methyl sites for hydroxylation is 1. The molecule has 2 aromatic rings. The zero-order valence-electron chi connectivity index (χ0n) is 9.52. The van der Waals surface area contributed by atoms with E-state index in [0.29, 0.717) is 33.1 Å². The van der Waals surface area contributed by atoms with Crippen LogP contribution in [0.15, 0.2) is 24.4 Å². The third-order valence-electron chi connectivity index (χ3n) is 2.22. The average Bonchev–Trinajstić information content (AvgIpc) is 2.34. The minimum absolute atomic E-state index is 0.197. The fourth-order valence-corrected chi connectivity index (χ4v) is 1.61. The first kappa shape index (κ1) is 13.1. The normalized spacial score (nSPS) is 10.4. The Morgan fingerprint density at radius 1 is 1.28 bits per heavy atom. The van der Waals surface area contributed by atoms with Gasteiger partial charge in [0.25, 0.3) is 0 Å². The van der Waals surface area contributed by atoms with Crippen molar-refractivity contribution in [2.75, 3.05) is 0 Å². The predicted octanol–water partition coefficient (Wildman–Crippen LogP) is 3.38. The van der Waals surface area contributed by atoms with Gasteiger partial charge in [0.15, 0.2) is 0 Å². The lowest BCUT2D eigenvalue weighted by atomic mass is 10.3. The van der Waals surface area contributed by atoms with Gasteiger partial charge in [0.05, 0.1) is 22.2 Å². The second-order valence-corrected chi connectivity index (χ2v) is 4.40. The van der Waals surface area contributed by atoms with E-state index in [1.165, 1.54) is 6.20 Å². The van der Waals surface area contributed by atoms with Crippen LogP contribution in [0.1, 0.15) is 11.4 Å². The van der Waals surface area contributed by atoms with Crippen LogP contribution in [0, 0.1) is 6.92 Å². The molecular formula is C12H10Cl2N2O2. The molecule has 1 heterocycles. The van der Waals surface area contributed by atoms with E-state index < -0.39 is 0 Å². The van der Waals surface area contributed by atoms with Gasteiger partial charge in [-0.1, -0.05) is 23.2 Å². The smallest absolute Gasteiger partial charge is 0.228 e. The Bertz CT molecular complexity index is 576. The maximum atomic E-state index is 9.18. The number of hydrogen-bond acceptors (Lipinski definition) is 4. The van der Waals surface area contributed by atoms with Gasteiger partial charge >= 0.3 is 0 Å². The molecule has 0 fully saturated rings. The number of benzene rings is 1. The summed E-state index contributed by atoms with van der Waals surface area (Å²) >= 11 is 11.7. The van der Waals surface area contributed by atoms with Crippen molar-refractivity contribution >= 4 is 23.2 Å². The zero-order valence-corrected chi connectivity index (χ0v) is 11.0. The summed E-state index contributed by atoms with van der Waals surface area (Å²) in [7, 11) is 0. The SMILES string of the molecule is Cc1ncc(CO)c(Oc2ccc(Cl)c(Cl)c2)n1. The summed E-state index contributed by atoms with van der Waals surface area (Å²) in [6.45, 7) is 1.54. The maximum absolute atomic E-state index is 9.18. The molecule has 4 nitrogen and oxygen atoms in total. The minimum atomic E-state index is -0.197. The lowest BCUT2D eigenvalue weighted by molar-refractivity contribution is 0.274. The molecule has 94 valence electrons. The number of ether oxygens (including phenoxy) is 1.